The quantitative estimate of drug-likeness (QED) is 0.356. The lowest BCUT2D eigenvalue weighted by Crippen LogP contribution is -2.36. The van der Waals surface area contributed by atoms with E-state index in [1.165, 1.54) is 29.1 Å². The molecule has 0 fully saturated rings. The van der Waals surface area contributed by atoms with Gasteiger partial charge in [0.15, 0.2) is 11.5 Å². The van der Waals surface area contributed by atoms with E-state index in [-0.39, 0.29) is 52.2 Å². The van der Waals surface area contributed by atoms with Crippen LogP contribution >= 0.6 is 0 Å². The molecule has 1 atom stereocenters. The molecule has 4 aromatic rings. The summed E-state index contributed by atoms with van der Waals surface area (Å²) in [5, 5.41) is 2.64. The van der Waals surface area contributed by atoms with Gasteiger partial charge in [0.25, 0.3) is 0 Å². The number of amides is 1. The lowest BCUT2D eigenvalue weighted by molar-refractivity contribution is -0.284. The van der Waals surface area contributed by atoms with Crippen LogP contribution in [0.2, 0.25) is 0 Å². The molecular formula is C23H18F6N8O. The van der Waals surface area contributed by atoms with Gasteiger partial charge in [-0.25, -0.2) is 24.3 Å². The SMILES string of the molecule is CCC1(c2ccc(F)cn2)C(=O)Nc2nc(-c3cn4ccnc4c(CCC(F)(F)C(F)(F)F)n3)nc(N)c21. The van der Waals surface area contributed by atoms with Gasteiger partial charge in [0.1, 0.15) is 28.6 Å². The Hall–Kier alpha value is -4.30. The summed E-state index contributed by atoms with van der Waals surface area (Å²) in [4.78, 5) is 34.0. The minimum Gasteiger partial charge on any atom is -0.383 e. The smallest absolute Gasteiger partial charge is 0.383 e. The summed E-state index contributed by atoms with van der Waals surface area (Å²) in [6, 6.07) is 2.52. The van der Waals surface area contributed by atoms with Crippen molar-refractivity contribution in [1.29, 1.82) is 0 Å². The summed E-state index contributed by atoms with van der Waals surface area (Å²) >= 11 is 0. The Morgan fingerprint density at radius 1 is 1.11 bits per heavy atom. The average Bonchev–Trinajstić information content (AvgIpc) is 3.44. The highest BCUT2D eigenvalue weighted by Crippen LogP contribution is 2.46. The first kappa shape index (κ1) is 25.4. The second-order valence-electron chi connectivity index (χ2n) is 8.66. The molecule has 5 rings (SSSR count). The zero-order chi connectivity index (χ0) is 27.5. The number of alkyl halides is 5. The Morgan fingerprint density at radius 3 is 2.53 bits per heavy atom. The first-order valence-electron chi connectivity index (χ1n) is 11.3. The summed E-state index contributed by atoms with van der Waals surface area (Å²) in [7, 11) is 0. The van der Waals surface area contributed by atoms with Crippen molar-refractivity contribution in [3.05, 3.63) is 59.7 Å². The van der Waals surface area contributed by atoms with Crippen LogP contribution in [-0.4, -0.2) is 47.3 Å². The van der Waals surface area contributed by atoms with Crippen LogP contribution in [0.5, 0.6) is 0 Å². The van der Waals surface area contributed by atoms with Gasteiger partial charge in [0.2, 0.25) is 5.91 Å². The number of nitrogens with zero attached hydrogens (tertiary/aromatic N) is 6. The third-order valence-corrected chi connectivity index (χ3v) is 6.44. The van der Waals surface area contributed by atoms with Gasteiger partial charge in [-0.15, -0.1) is 0 Å². The minimum atomic E-state index is -5.71. The normalized spacial score (nSPS) is 17.6. The number of hydrogen-bond acceptors (Lipinski definition) is 7. The Bertz CT molecular complexity index is 1550. The monoisotopic (exact) mass is 536 g/mol. The number of anilines is 2. The standard InChI is InChI=1S/C23H18F6N8O/c1-2-21(14-4-3-11(24)9-32-14)15-16(30)34-17(35-18(15)36-20(21)38)13-10-37-8-7-31-19(37)12(33-13)5-6-22(25,26)23(27,28)29/h3-4,7-10H,2,5-6H2,1H3,(H3,30,34,35,36,38). The number of halogens is 6. The molecule has 0 saturated heterocycles. The third kappa shape index (κ3) is 3.88. The van der Waals surface area contributed by atoms with Crippen molar-refractivity contribution >= 4 is 23.2 Å². The fraction of sp³-hybridized carbons (Fsp3) is 0.304. The van der Waals surface area contributed by atoms with Crippen LogP contribution in [0, 0.1) is 5.82 Å². The van der Waals surface area contributed by atoms with Crippen LogP contribution in [-0.2, 0) is 16.6 Å². The first-order chi connectivity index (χ1) is 17.9. The minimum absolute atomic E-state index is 0.00141. The van der Waals surface area contributed by atoms with Crippen LogP contribution in [0.3, 0.4) is 0 Å². The molecule has 15 heteroatoms. The molecular weight excluding hydrogens is 518 g/mol. The molecule has 9 nitrogen and oxygen atoms in total. The topological polar surface area (TPSA) is 124 Å². The summed E-state index contributed by atoms with van der Waals surface area (Å²) in [6.45, 7) is 1.71. The van der Waals surface area contributed by atoms with E-state index in [0.717, 1.165) is 12.3 Å². The second kappa shape index (κ2) is 8.63. The Balaban J connectivity index is 1.58. The van der Waals surface area contributed by atoms with E-state index in [2.05, 4.69) is 30.2 Å². The number of aryl methyl sites for hydroxylation is 1. The highest BCUT2D eigenvalue weighted by Gasteiger charge is 2.56. The van der Waals surface area contributed by atoms with Crippen molar-refractivity contribution in [2.45, 2.75) is 43.7 Å². The van der Waals surface area contributed by atoms with Crippen LogP contribution < -0.4 is 11.1 Å². The summed E-state index contributed by atoms with van der Waals surface area (Å²) < 4.78 is 80.1. The van der Waals surface area contributed by atoms with Crippen molar-refractivity contribution in [1.82, 2.24) is 29.3 Å². The number of nitrogens with two attached hydrogens (primary N) is 1. The molecule has 4 aromatic heterocycles. The largest absolute Gasteiger partial charge is 0.453 e. The van der Waals surface area contributed by atoms with Gasteiger partial charge >= 0.3 is 12.1 Å². The maximum absolute atomic E-state index is 13.6. The molecule has 198 valence electrons. The van der Waals surface area contributed by atoms with Crippen molar-refractivity contribution < 1.29 is 31.1 Å². The van der Waals surface area contributed by atoms with Crippen LogP contribution in [0.15, 0.2) is 36.9 Å². The number of imidazole rings is 1. The molecule has 0 radical (unpaired) electrons. The number of hydrogen-bond donors (Lipinski definition) is 2. The third-order valence-electron chi connectivity index (χ3n) is 6.44. The fourth-order valence-electron chi connectivity index (χ4n) is 4.51. The van der Waals surface area contributed by atoms with E-state index in [9.17, 15) is 31.1 Å². The number of rotatable bonds is 6. The number of carbonyl (C=O) groups excluding carboxylic acids is 1. The molecule has 0 spiro atoms. The molecule has 0 aromatic carbocycles. The van der Waals surface area contributed by atoms with Crippen molar-refractivity contribution in [3.63, 3.8) is 0 Å². The van der Waals surface area contributed by atoms with E-state index in [4.69, 9.17) is 5.73 Å². The van der Waals surface area contributed by atoms with Crippen molar-refractivity contribution in [2.75, 3.05) is 11.1 Å². The summed E-state index contributed by atoms with van der Waals surface area (Å²) in [6.07, 6.45) is -2.65. The Morgan fingerprint density at radius 2 is 1.87 bits per heavy atom. The number of nitrogens with one attached hydrogen (secondary N) is 1. The van der Waals surface area contributed by atoms with Gasteiger partial charge < -0.3 is 15.5 Å². The molecule has 38 heavy (non-hydrogen) atoms. The van der Waals surface area contributed by atoms with Crippen LogP contribution in [0.25, 0.3) is 17.2 Å². The zero-order valence-corrected chi connectivity index (χ0v) is 19.5. The van der Waals surface area contributed by atoms with E-state index in [1.807, 2.05) is 0 Å². The maximum atomic E-state index is 13.6. The van der Waals surface area contributed by atoms with Gasteiger partial charge in [0, 0.05) is 25.0 Å². The highest BCUT2D eigenvalue weighted by molar-refractivity contribution is 6.09. The molecule has 1 aliphatic heterocycles. The molecule has 5 heterocycles. The number of nitrogen functional groups attached to an aromatic ring is 1. The molecule has 1 amide bonds. The molecule has 3 N–H and O–H groups in total. The molecule has 0 saturated carbocycles. The van der Waals surface area contributed by atoms with E-state index in [1.54, 1.807) is 6.92 Å². The number of aromatic nitrogens is 6. The predicted molar refractivity (Wildman–Crippen MR) is 122 cm³/mol. The van der Waals surface area contributed by atoms with Crippen LogP contribution in [0.1, 0.15) is 36.7 Å². The lowest BCUT2D eigenvalue weighted by Gasteiger charge is -2.25. The highest BCUT2D eigenvalue weighted by atomic mass is 19.4. The molecule has 1 aliphatic rings. The van der Waals surface area contributed by atoms with Gasteiger partial charge in [-0.2, -0.15) is 22.0 Å². The van der Waals surface area contributed by atoms with Gasteiger partial charge in [-0.05, 0) is 25.0 Å². The van der Waals surface area contributed by atoms with Crippen molar-refractivity contribution in [2.24, 2.45) is 0 Å². The number of fused-ring (bicyclic) bond motifs is 2. The van der Waals surface area contributed by atoms with Gasteiger partial charge in [0.05, 0.1) is 23.1 Å². The summed E-state index contributed by atoms with van der Waals surface area (Å²) in [5.74, 6) is -6.22. The zero-order valence-electron chi connectivity index (χ0n) is 19.5. The first-order valence-corrected chi connectivity index (χ1v) is 11.3. The van der Waals surface area contributed by atoms with E-state index < -0.39 is 42.1 Å². The maximum Gasteiger partial charge on any atom is 0.453 e. The van der Waals surface area contributed by atoms with Crippen LogP contribution in [0.4, 0.5) is 38.0 Å². The number of carbonyl (C=O) groups is 1. The van der Waals surface area contributed by atoms with E-state index >= 15 is 0 Å². The predicted octanol–water partition coefficient (Wildman–Crippen LogP) is 4.08. The molecule has 0 bridgehead atoms. The Kier molecular flexibility index (Phi) is 5.76. The summed E-state index contributed by atoms with van der Waals surface area (Å²) in [5.41, 5.74) is 5.27. The average molecular weight is 536 g/mol. The van der Waals surface area contributed by atoms with Gasteiger partial charge in [-0.1, -0.05) is 6.92 Å². The fourth-order valence-corrected chi connectivity index (χ4v) is 4.51. The van der Waals surface area contributed by atoms with E-state index in [0.29, 0.717) is 0 Å². The number of pyridine rings is 1. The second-order valence-corrected chi connectivity index (χ2v) is 8.66. The van der Waals surface area contributed by atoms with Gasteiger partial charge in [-0.3, -0.25) is 9.78 Å². The lowest BCUT2D eigenvalue weighted by atomic mass is 9.76. The Labute approximate surface area is 210 Å². The van der Waals surface area contributed by atoms with Crippen molar-refractivity contribution in [3.8, 4) is 11.5 Å². The molecule has 0 aliphatic carbocycles. The molecule has 1 unspecified atom stereocenters.